The highest BCUT2D eigenvalue weighted by Crippen LogP contribution is 2.49. The van der Waals surface area contributed by atoms with Crippen molar-refractivity contribution in [2.45, 2.75) is 57.7 Å². The molecule has 2 unspecified atom stereocenters. The number of esters is 1. The van der Waals surface area contributed by atoms with Crippen LogP contribution in [-0.2, 0) is 19.0 Å². The fraction of sp³-hybridized carbons (Fsp3) is 0.933. The maximum Gasteiger partial charge on any atom is 0.305 e. The van der Waals surface area contributed by atoms with Gasteiger partial charge in [0.15, 0.2) is 5.79 Å². The number of methoxy groups -OCH3 is 1. The highest BCUT2D eigenvalue weighted by molar-refractivity contribution is 5.69. The number of ether oxygens (including phenoxy) is 3. The molecule has 2 fully saturated rings. The first-order valence-electron chi connectivity index (χ1n) is 7.56. The van der Waals surface area contributed by atoms with Gasteiger partial charge in [-0.25, -0.2) is 0 Å². The van der Waals surface area contributed by atoms with Gasteiger partial charge >= 0.3 is 5.97 Å². The molecule has 1 aliphatic carbocycles. The Hall–Kier alpha value is -0.610. The van der Waals surface area contributed by atoms with Crippen LogP contribution in [0.3, 0.4) is 0 Å². The Balaban J connectivity index is 1.99. The summed E-state index contributed by atoms with van der Waals surface area (Å²) in [6.45, 7) is 3.59. The summed E-state index contributed by atoms with van der Waals surface area (Å²) in [5.74, 6) is 0.190. The average molecular weight is 270 g/mol. The van der Waals surface area contributed by atoms with Gasteiger partial charge in [0, 0.05) is 18.8 Å². The van der Waals surface area contributed by atoms with E-state index in [0.717, 1.165) is 19.3 Å². The first kappa shape index (κ1) is 14.8. The van der Waals surface area contributed by atoms with E-state index in [9.17, 15) is 4.79 Å². The van der Waals surface area contributed by atoms with Crippen LogP contribution in [0.15, 0.2) is 0 Å². The largest absolute Gasteiger partial charge is 0.469 e. The van der Waals surface area contributed by atoms with Crippen LogP contribution in [0.25, 0.3) is 0 Å². The number of hydrogen-bond acceptors (Lipinski definition) is 4. The number of unbranched alkanes of at least 4 members (excludes halogenated alkanes) is 2. The van der Waals surface area contributed by atoms with E-state index >= 15 is 0 Å². The van der Waals surface area contributed by atoms with E-state index in [0.29, 0.717) is 31.5 Å². The summed E-state index contributed by atoms with van der Waals surface area (Å²) < 4.78 is 16.6. The van der Waals surface area contributed by atoms with E-state index in [1.807, 2.05) is 0 Å². The van der Waals surface area contributed by atoms with Gasteiger partial charge in [0.1, 0.15) is 0 Å². The Labute approximate surface area is 115 Å². The standard InChI is InChI=1S/C15H26O4/c1-3-4-5-6-13-12(11-14(16)17-2)7-8-15(13)18-9-10-19-15/h12-13H,3-11H2,1-2H3. The summed E-state index contributed by atoms with van der Waals surface area (Å²) in [5, 5.41) is 0. The van der Waals surface area contributed by atoms with E-state index < -0.39 is 5.79 Å². The molecule has 19 heavy (non-hydrogen) atoms. The Kier molecular flexibility index (Phi) is 5.22. The molecule has 4 nitrogen and oxygen atoms in total. The molecule has 4 heteroatoms. The third kappa shape index (κ3) is 3.29. The fourth-order valence-electron chi connectivity index (χ4n) is 3.57. The van der Waals surface area contributed by atoms with Crippen LogP contribution in [-0.4, -0.2) is 32.1 Å². The molecule has 1 aliphatic heterocycles. The summed E-state index contributed by atoms with van der Waals surface area (Å²) in [6, 6.07) is 0. The van der Waals surface area contributed by atoms with E-state index in [2.05, 4.69) is 6.92 Å². The molecule has 0 aromatic carbocycles. The number of rotatable bonds is 6. The monoisotopic (exact) mass is 270 g/mol. The van der Waals surface area contributed by atoms with Crippen molar-refractivity contribution in [3.63, 3.8) is 0 Å². The second-order valence-electron chi connectivity index (χ2n) is 5.69. The van der Waals surface area contributed by atoms with Crippen molar-refractivity contribution in [1.29, 1.82) is 0 Å². The molecular weight excluding hydrogens is 244 g/mol. The van der Waals surface area contributed by atoms with Gasteiger partial charge in [-0.05, 0) is 18.8 Å². The van der Waals surface area contributed by atoms with Crippen molar-refractivity contribution in [2.75, 3.05) is 20.3 Å². The Morgan fingerprint density at radius 2 is 2.05 bits per heavy atom. The molecule has 0 amide bonds. The van der Waals surface area contributed by atoms with Crippen molar-refractivity contribution in [3.8, 4) is 0 Å². The van der Waals surface area contributed by atoms with Crippen molar-refractivity contribution in [2.24, 2.45) is 11.8 Å². The van der Waals surface area contributed by atoms with Gasteiger partial charge in [-0.2, -0.15) is 0 Å². The van der Waals surface area contributed by atoms with Crippen molar-refractivity contribution >= 4 is 5.97 Å². The van der Waals surface area contributed by atoms with Crippen LogP contribution in [0.1, 0.15) is 51.9 Å². The van der Waals surface area contributed by atoms with Crippen molar-refractivity contribution < 1.29 is 19.0 Å². The summed E-state index contributed by atoms with van der Waals surface area (Å²) >= 11 is 0. The van der Waals surface area contributed by atoms with Gasteiger partial charge in [0.25, 0.3) is 0 Å². The Bertz CT molecular complexity index is 297. The molecule has 1 saturated heterocycles. The van der Waals surface area contributed by atoms with Crippen LogP contribution in [0.2, 0.25) is 0 Å². The minimum Gasteiger partial charge on any atom is -0.469 e. The van der Waals surface area contributed by atoms with E-state index in [-0.39, 0.29) is 5.97 Å². The first-order valence-corrected chi connectivity index (χ1v) is 7.56. The molecule has 2 rings (SSSR count). The topological polar surface area (TPSA) is 44.8 Å². The lowest BCUT2D eigenvalue weighted by Gasteiger charge is -2.32. The quantitative estimate of drug-likeness (QED) is 0.550. The van der Waals surface area contributed by atoms with Gasteiger partial charge in [0.05, 0.1) is 20.3 Å². The molecule has 0 N–H and O–H groups in total. The molecule has 1 spiro atoms. The molecule has 2 aliphatic rings. The molecule has 1 heterocycles. The Morgan fingerprint density at radius 1 is 1.32 bits per heavy atom. The van der Waals surface area contributed by atoms with Gasteiger partial charge in [-0.1, -0.05) is 26.2 Å². The highest BCUT2D eigenvalue weighted by atomic mass is 16.7. The smallest absolute Gasteiger partial charge is 0.305 e. The predicted octanol–water partition coefficient (Wildman–Crippen LogP) is 2.90. The molecule has 2 atom stereocenters. The second-order valence-corrected chi connectivity index (χ2v) is 5.69. The maximum atomic E-state index is 11.5. The lowest BCUT2D eigenvalue weighted by molar-refractivity contribution is -0.188. The Morgan fingerprint density at radius 3 is 2.68 bits per heavy atom. The highest BCUT2D eigenvalue weighted by Gasteiger charge is 2.52. The lowest BCUT2D eigenvalue weighted by atomic mass is 9.85. The number of carbonyl (C=O) groups excluding carboxylic acids is 1. The van der Waals surface area contributed by atoms with Gasteiger partial charge in [-0.15, -0.1) is 0 Å². The zero-order valence-corrected chi connectivity index (χ0v) is 12.2. The third-order valence-corrected chi connectivity index (χ3v) is 4.55. The molecule has 0 bridgehead atoms. The number of hydrogen-bond donors (Lipinski definition) is 0. The summed E-state index contributed by atoms with van der Waals surface area (Å²) in [5.41, 5.74) is 0. The first-order chi connectivity index (χ1) is 9.22. The minimum absolute atomic E-state index is 0.111. The van der Waals surface area contributed by atoms with Gasteiger partial charge in [0.2, 0.25) is 0 Å². The second kappa shape index (κ2) is 6.71. The van der Waals surface area contributed by atoms with E-state index in [1.54, 1.807) is 0 Å². The maximum absolute atomic E-state index is 11.5. The van der Waals surface area contributed by atoms with Crippen LogP contribution < -0.4 is 0 Å². The summed E-state index contributed by atoms with van der Waals surface area (Å²) in [6.07, 6.45) is 7.16. The molecule has 0 radical (unpaired) electrons. The molecule has 1 saturated carbocycles. The van der Waals surface area contributed by atoms with Gasteiger partial charge in [-0.3, -0.25) is 4.79 Å². The zero-order valence-electron chi connectivity index (χ0n) is 12.2. The third-order valence-electron chi connectivity index (χ3n) is 4.55. The van der Waals surface area contributed by atoms with Gasteiger partial charge < -0.3 is 14.2 Å². The molecular formula is C15H26O4. The average Bonchev–Trinajstić information content (AvgIpc) is 3.01. The van der Waals surface area contributed by atoms with E-state index in [1.165, 1.54) is 26.4 Å². The van der Waals surface area contributed by atoms with Crippen molar-refractivity contribution in [3.05, 3.63) is 0 Å². The molecule has 0 aromatic heterocycles. The zero-order chi connectivity index (χ0) is 13.7. The predicted molar refractivity (Wildman–Crippen MR) is 71.6 cm³/mol. The van der Waals surface area contributed by atoms with Crippen LogP contribution in [0, 0.1) is 11.8 Å². The number of carbonyl (C=O) groups is 1. The molecule has 0 aromatic rings. The van der Waals surface area contributed by atoms with Crippen LogP contribution >= 0.6 is 0 Å². The summed E-state index contributed by atoms with van der Waals surface area (Å²) in [7, 11) is 1.46. The molecule has 110 valence electrons. The fourth-order valence-corrected chi connectivity index (χ4v) is 3.57. The van der Waals surface area contributed by atoms with Crippen molar-refractivity contribution in [1.82, 2.24) is 0 Å². The SMILES string of the molecule is CCCCCC1C(CC(=O)OC)CCC12OCCO2. The van der Waals surface area contributed by atoms with E-state index in [4.69, 9.17) is 14.2 Å². The lowest BCUT2D eigenvalue weighted by Crippen LogP contribution is -2.37. The normalized spacial score (nSPS) is 28.9. The minimum atomic E-state index is -0.396. The van der Waals surface area contributed by atoms with Crippen LogP contribution in [0.5, 0.6) is 0 Å². The van der Waals surface area contributed by atoms with Crippen LogP contribution in [0.4, 0.5) is 0 Å². The summed E-state index contributed by atoms with van der Waals surface area (Å²) in [4.78, 5) is 11.5.